The van der Waals surface area contributed by atoms with Crippen molar-refractivity contribution in [2.24, 2.45) is 0 Å². The molecule has 0 bridgehead atoms. The molecular weight excluding hydrogens is 735 g/mol. The van der Waals surface area contributed by atoms with E-state index in [9.17, 15) is 5.26 Å². The maximum absolute atomic E-state index is 11.1. The van der Waals surface area contributed by atoms with Crippen molar-refractivity contribution in [2.45, 2.75) is 0 Å². The van der Waals surface area contributed by atoms with Crippen LogP contribution in [0.15, 0.2) is 180 Å². The average Bonchev–Trinajstić information content (AvgIpc) is 4.05. The summed E-state index contributed by atoms with van der Waals surface area (Å²) in [6.07, 6.45) is 0. The number of nitriles is 1. The maximum atomic E-state index is 11.1. The minimum absolute atomic E-state index is 0.446. The molecule has 0 saturated heterocycles. The Labute approximate surface area is 342 Å². The van der Waals surface area contributed by atoms with E-state index in [1.807, 2.05) is 36.4 Å². The van der Waals surface area contributed by atoms with E-state index in [0.717, 1.165) is 93.0 Å². The van der Waals surface area contributed by atoms with Crippen LogP contribution in [0.5, 0.6) is 0 Å². The number of nitrogens with zero attached hydrogens (tertiary/aromatic N) is 5. The molecule has 6 heteroatoms. The second kappa shape index (κ2) is 12.0. The lowest BCUT2D eigenvalue weighted by atomic mass is 10.0. The van der Waals surface area contributed by atoms with Gasteiger partial charge in [-0.3, -0.25) is 0 Å². The van der Waals surface area contributed by atoms with Crippen LogP contribution in [0.2, 0.25) is 0 Å². The lowest BCUT2D eigenvalue weighted by Gasteiger charge is -2.16. The van der Waals surface area contributed by atoms with Gasteiger partial charge in [-0.2, -0.15) is 5.26 Å². The summed E-state index contributed by atoms with van der Waals surface area (Å²) in [4.78, 5) is 4.18. The van der Waals surface area contributed by atoms with Crippen LogP contribution < -0.4 is 0 Å². The molecule has 60 heavy (non-hydrogen) atoms. The lowest BCUT2D eigenvalue weighted by molar-refractivity contribution is 0.673. The minimum Gasteiger partial charge on any atom is -0.455 e. The molecule has 0 aliphatic rings. The minimum atomic E-state index is 0.446. The predicted molar refractivity (Wildman–Crippen MR) is 245 cm³/mol. The first-order valence-electron chi connectivity index (χ1n) is 19.9. The van der Waals surface area contributed by atoms with Gasteiger partial charge in [0.25, 0.3) is 0 Å². The van der Waals surface area contributed by atoms with Crippen molar-refractivity contribution in [2.75, 3.05) is 0 Å². The quantitative estimate of drug-likeness (QED) is 0.168. The zero-order chi connectivity index (χ0) is 39.6. The van der Waals surface area contributed by atoms with Gasteiger partial charge < -0.3 is 18.1 Å². The van der Waals surface area contributed by atoms with Crippen LogP contribution in [0.4, 0.5) is 5.69 Å². The first kappa shape index (κ1) is 32.5. The highest BCUT2D eigenvalue weighted by molar-refractivity contribution is 6.25. The molecule has 0 atom stereocenters. The van der Waals surface area contributed by atoms with Crippen molar-refractivity contribution in [3.8, 4) is 23.1 Å². The van der Waals surface area contributed by atoms with Crippen LogP contribution in [0, 0.1) is 17.9 Å². The topological polar surface area (TPSA) is 56.1 Å². The first-order chi connectivity index (χ1) is 29.7. The second-order valence-electron chi connectivity index (χ2n) is 15.5. The van der Waals surface area contributed by atoms with Crippen LogP contribution in [0.25, 0.3) is 120 Å². The van der Waals surface area contributed by atoms with Crippen LogP contribution in [0.1, 0.15) is 5.56 Å². The maximum Gasteiger partial charge on any atom is 0.212 e. The third kappa shape index (κ3) is 4.23. The fourth-order valence-electron chi connectivity index (χ4n) is 9.98. The number of furan rings is 1. The average molecular weight is 764 g/mol. The number of rotatable bonds is 3. The molecule has 0 fully saturated rings. The molecule has 4 heterocycles. The van der Waals surface area contributed by atoms with Gasteiger partial charge in [-0.15, -0.1) is 0 Å². The van der Waals surface area contributed by atoms with E-state index >= 15 is 0 Å². The van der Waals surface area contributed by atoms with Gasteiger partial charge in [0, 0.05) is 43.4 Å². The molecule has 0 aliphatic heterocycles. The zero-order valence-corrected chi connectivity index (χ0v) is 31.9. The van der Waals surface area contributed by atoms with E-state index < -0.39 is 0 Å². The Balaban J connectivity index is 1.13. The summed E-state index contributed by atoms with van der Waals surface area (Å²) in [6.45, 7) is 8.62. The molecule has 0 radical (unpaired) electrons. The van der Waals surface area contributed by atoms with Gasteiger partial charge in [-0.05, 0) is 83.6 Å². The van der Waals surface area contributed by atoms with Gasteiger partial charge in [0.2, 0.25) is 5.69 Å². The Morgan fingerprint density at radius 1 is 0.450 bits per heavy atom. The van der Waals surface area contributed by atoms with E-state index in [2.05, 4.69) is 164 Å². The summed E-state index contributed by atoms with van der Waals surface area (Å²) in [7, 11) is 0. The molecule has 13 aromatic rings. The third-order valence-corrected chi connectivity index (χ3v) is 12.5. The standard InChI is InChI=1S/C54H29N5O/c1-56-42-30-49(33(31-55)28-50(42)59-45-20-10-6-17-40(45)52-35-13-3-2-12-32(35)22-25-47(52)59)58-46-26-23-34(57-43-18-8-4-14-36(43)37-15-5-9-19-44(37)57)29-41(46)53-48(58)27-24-39-38-16-7-11-21-51(38)60-54(39)53/h2-30H. The first-order valence-corrected chi connectivity index (χ1v) is 19.9. The smallest absolute Gasteiger partial charge is 0.212 e. The summed E-state index contributed by atoms with van der Waals surface area (Å²) < 4.78 is 13.4. The summed E-state index contributed by atoms with van der Waals surface area (Å²) in [5.74, 6) is 0. The van der Waals surface area contributed by atoms with Gasteiger partial charge in [-0.1, -0.05) is 103 Å². The van der Waals surface area contributed by atoms with E-state index in [1.165, 1.54) is 10.8 Å². The van der Waals surface area contributed by atoms with Gasteiger partial charge in [0.05, 0.1) is 62.0 Å². The lowest BCUT2D eigenvalue weighted by Crippen LogP contribution is -2.02. The molecule has 4 aromatic heterocycles. The van der Waals surface area contributed by atoms with Crippen molar-refractivity contribution in [3.05, 3.63) is 193 Å². The monoisotopic (exact) mass is 763 g/mol. The third-order valence-electron chi connectivity index (χ3n) is 12.5. The number of aromatic nitrogens is 3. The molecule has 6 nitrogen and oxygen atoms in total. The summed E-state index contributed by atoms with van der Waals surface area (Å²) >= 11 is 0. The Morgan fingerprint density at radius 2 is 1.03 bits per heavy atom. The summed E-state index contributed by atoms with van der Waals surface area (Å²) in [5, 5.41) is 22.0. The number of benzene rings is 9. The number of para-hydroxylation sites is 4. The largest absolute Gasteiger partial charge is 0.455 e. The van der Waals surface area contributed by atoms with Gasteiger partial charge in [0.1, 0.15) is 17.2 Å². The van der Waals surface area contributed by atoms with Crippen LogP contribution in [-0.2, 0) is 0 Å². The van der Waals surface area contributed by atoms with E-state index in [4.69, 9.17) is 11.0 Å². The number of hydrogen-bond donors (Lipinski definition) is 0. The molecule has 0 N–H and O–H groups in total. The summed E-state index contributed by atoms with van der Waals surface area (Å²) in [6, 6.07) is 63.4. The van der Waals surface area contributed by atoms with Crippen molar-refractivity contribution in [1.29, 1.82) is 5.26 Å². The molecule has 0 aliphatic carbocycles. The van der Waals surface area contributed by atoms with Crippen LogP contribution >= 0.6 is 0 Å². The zero-order valence-electron chi connectivity index (χ0n) is 31.9. The Morgan fingerprint density at radius 3 is 1.78 bits per heavy atom. The van der Waals surface area contributed by atoms with Crippen molar-refractivity contribution >= 4 is 104 Å². The highest BCUT2D eigenvalue weighted by Gasteiger charge is 2.24. The predicted octanol–water partition coefficient (Wildman–Crippen LogP) is 14.5. The van der Waals surface area contributed by atoms with E-state index in [-0.39, 0.29) is 0 Å². The van der Waals surface area contributed by atoms with E-state index in [0.29, 0.717) is 22.6 Å². The SMILES string of the molecule is [C-]#[N+]c1cc(-n2c3ccc(-n4c5ccccc5c5ccccc54)cc3c3c4oc5ccccc5c4ccc32)c(C#N)cc1-n1c2ccccc2c2c3ccccc3ccc21. The van der Waals surface area contributed by atoms with Gasteiger partial charge in [0.15, 0.2) is 0 Å². The molecule has 276 valence electrons. The molecule has 0 amide bonds. The van der Waals surface area contributed by atoms with Crippen molar-refractivity contribution < 1.29 is 4.42 Å². The highest BCUT2D eigenvalue weighted by atomic mass is 16.3. The molecule has 0 unspecified atom stereocenters. The number of fused-ring (bicyclic) bond motifs is 15. The highest BCUT2D eigenvalue weighted by Crippen LogP contribution is 2.45. The molecule has 0 saturated carbocycles. The molecular formula is C54H29N5O. The molecule has 13 rings (SSSR count). The fraction of sp³-hybridized carbons (Fsp3) is 0. The normalized spacial score (nSPS) is 12.0. The molecule has 0 spiro atoms. The van der Waals surface area contributed by atoms with Crippen molar-refractivity contribution in [3.63, 3.8) is 0 Å². The van der Waals surface area contributed by atoms with E-state index in [1.54, 1.807) is 0 Å². The van der Waals surface area contributed by atoms with Crippen LogP contribution in [0.3, 0.4) is 0 Å². The Bertz CT molecular complexity index is 4050. The van der Waals surface area contributed by atoms with Crippen LogP contribution in [-0.4, -0.2) is 13.7 Å². The summed E-state index contributed by atoms with van der Waals surface area (Å²) in [5.41, 5.74) is 10.8. The van der Waals surface area contributed by atoms with Gasteiger partial charge in [-0.25, -0.2) is 4.85 Å². The fourth-order valence-corrected chi connectivity index (χ4v) is 9.98. The molecule has 9 aromatic carbocycles. The van der Waals surface area contributed by atoms with Crippen molar-refractivity contribution in [1.82, 2.24) is 13.7 Å². The Kier molecular flexibility index (Phi) is 6.48. The second-order valence-corrected chi connectivity index (χ2v) is 15.5. The van der Waals surface area contributed by atoms with Gasteiger partial charge >= 0.3 is 0 Å². The number of hydrogen-bond acceptors (Lipinski definition) is 2. The Hall–Kier alpha value is -8.58.